The molecule has 0 amide bonds. The van der Waals surface area contributed by atoms with Crippen LogP contribution in [0.3, 0.4) is 0 Å². The quantitative estimate of drug-likeness (QED) is 0.874. The predicted molar refractivity (Wildman–Crippen MR) is 69.4 cm³/mol. The lowest BCUT2D eigenvalue weighted by molar-refractivity contribution is -0.00729. The van der Waals surface area contributed by atoms with E-state index in [2.05, 4.69) is 18.8 Å². The number of ether oxygens (including phenoxy) is 1. The molecule has 2 N–H and O–H groups in total. The molecule has 0 saturated heterocycles. The molecule has 94 valence electrons. The van der Waals surface area contributed by atoms with Crippen LogP contribution in [0.15, 0.2) is 18.3 Å². The van der Waals surface area contributed by atoms with Crippen LogP contribution in [0.5, 0.6) is 0 Å². The van der Waals surface area contributed by atoms with E-state index in [1.54, 1.807) is 6.20 Å². The third kappa shape index (κ3) is 3.19. The Morgan fingerprint density at radius 1 is 1.35 bits per heavy atom. The molecular formula is C14H22N2O. The first-order valence-corrected chi connectivity index (χ1v) is 6.47. The van der Waals surface area contributed by atoms with E-state index in [-0.39, 0.29) is 0 Å². The van der Waals surface area contributed by atoms with Gasteiger partial charge in [-0.3, -0.25) is 0 Å². The molecule has 2 rings (SSSR count). The van der Waals surface area contributed by atoms with Gasteiger partial charge in [-0.05, 0) is 37.2 Å². The number of nitrogen functional groups attached to an aromatic ring is 1. The summed E-state index contributed by atoms with van der Waals surface area (Å²) < 4.78 is 5.95. The standard InChI is InChI=1S/C14H22N2O/c1-10-5-6-13(8-11(10)2)17-9-12-4-3-7-16-14(12)15/h3-4,7,10-11,13H,5-6,8-9H2,1-2H3,(H2,15,16). The van der Waals surface area contributed by atoms with Gasteiger partial charge in [-0.15, -0.1) is 0 Å². The van der Waals surface area contributed by atoms with Gasteiger partial charge in [-0.1, -0.05) is 19.9 Å². The van der Waals surface area contributed by atoms with E-state index in [9.17, 15) is 0 Å². The summed E-state index contributed by atoms with van der Waals surface area (Å²) in [5.41, 5.74) is 6.79. The molecule has 0 aromatic carbocycles. The third-order valence-electron chi connectivity index (χ3n) is 3.95. The molecule has 0 bridgehead atoms. The Morgan fingerprint density at radius 2 is 2.18 bits per heavy atom. The molecule has 0 spiro atoms. The molecule has 1 heterocycles. The summed E-state index contributed by atoms with van der Waals surface area (Å²) in [6.45, 7) is 5.24. The zero-order valence-electron chi connectivity index (χ0n) is 10.7. The molecular weight excluding hydrogens is 212 g/mol. The second-order valence-electron chi connectivity index (χ2n) is 5.25. The zero-order valence-corrected chi connectivity index (χ0v) is 10.7. The van der Waals surface area contributed by atoms with Gasteiger partial charge in [-0.25, -0.2) is 4.98 Å². The first-order valence-electron chi connectivity index (χ1n) is 6.47. The van der Waals surface area contributed by atoms with Crippen LogP contribution in [0.2, 0.25) is 0 Å². The molecule has 3 unspecified atom stereocenters. The summed E-state index contributed by atoms with van der Waals surface area (Å²) in [6, 6.07) is 3.89. The largest absolute Gasteiger partial charge is 0.383 e. The van der Waals surface area contributed by atoms with Crippen molar-refractivity contribution in [3.8, 4) is 0 Å². The number of nitrogens with two attached hydrogens (primary N) is 1. The van der Waals surface area contributed by atoms with Crippen LogP contribution in [0.25, 0.3) is 0 Å². The Kier molecular flexibility index (Phi) is 4.00. The fourth-order valence-electron chi connectivity index (χ4n) is 2.43. The number of hydrogen-bond donors (Lipinski definition) is 1. The number of aromatic nitrogens is 1. The minimum absolute atomic E-state index is 0.390. The van der Waals surface area contributed by atoms with Crippen molar-refractivity contribution < 1.29 is 4.74 Å². The first-order chi connectivity index (χ1) is 8.16. The van der Waals surface area contributed by atoms with E-state index < -0.39 is 0 Å². The summed E-state index contributed by atoms with van der Waals surface area (Å²) >= 11 is 0. The van der Waals surface area contributed by atoms with E-state index in [1.165, 1.54) is 19.3 Å². The summed E-state index contributed by atoms with van der Waals surface area (Å²) in [7, 11) is 0. The second kappa shape index (κ2) is 5.50. The van der Waals surface area contributed by atoms with Crippen LogP contribution in [0.4, 0.5) is 5.82 Å². The van der Waals surface area contributed by atoms with Crippen molar-refractivity contribution in [3.63, 3.8) is 0 Å². The van der Waals surface area contributed by atoms with Gasteiger partial charge < -0.3 is 10.5 Å². The fourth-order valence-corrected chi connectivity index (χ4v) is 2.43. The second-order valence-corrected chi connectivity index (χ2v) is 5.25. The van der Waals surface area contributed by atoms with E-state index in [0.717, 1.165) is 17.4 Å². The van der Waals surface area contributed by atoms with Crippen molar-refractivity contribution in [1.82, 2.24) is 4.98 Å². The highest BCUT2D eigenvalue weighted by Gasteiger charge is 2.24. The molecule has 0 radical (unpaired) electrons. The zero-order chi connectivity index (χ0) is 12.3. The molecule has 1 aromatic rings. The smallest absolute Gasteiger partial charge is 0.128 e. The number of anilines is 1. The van der Waals surface area contributed by atoms with Gasteiger partial charge in [0.1, 0.15) is 5.82 Å². The van der Waals surface area contributed by atoms with Crippen LogP contribution in [0, 0.1) is 11.8 Å². The molecule has 1 aromatic heterocycles. The molecule has 3 heteroatoms. The van der Waals surface area contributed by atoms with Crippen LogP contribution in [0.1, 0.15) is 38.7 Å². The number of nitrogens with zero attached hydrogens (tertiary/aromatic N) is 1. The normalized spacial score (nSPS) is 29.2. The molecule has 17 heavy (non-hydrogen) atoms. The number of hydrogen-bond acceptors (Lipinski definition) is 3. The molecule has 1 saturated carbocycles. The Labute approximate surface area is 103 Å². The minimum atomic E-state index is 0.390. The maximum atomic E-state index is 5.95. The van der Waals surface area contributed by atoms with Gasteiger partial charge in [0, 0.05) is 11.8 Å². The van der Waals surface area contributed by atoms with Crippen molar-refractivity contribution >= 4 is 5.82 Å². The average molecular weight is 234 g/mol. The predicted octanol–water partition coefficient (Wildman–Crippen LogP) is 3.01. The Hall–Kier alpha value is -1.09. The average Bonchev–Trinajstić information content (AvgIpc) is 2.32. The fraction of sp³-hybridized carbons (Fsp3) is 0.643. The monoisotopic (exact) mass is 234 g/mol. The molecule has 1 aliphatic rings. The topological polar surface area (TPSA) is 48.1 Å². The Bertz CT molecular complexity index is 367. The highest BCUT2D eigenvalue weighted by molar-refractivity contribution is 5.37. The lowest BCUT2D eigenvalue weighted by Gasteiger charge is -2.32. The summed E-state index contributed by atoms with van der Waals surface area (Å²) in [4.78, 5) is 4.07. The van der Waals surface area contributed by atoms with Crippen molar-refractivity contribution in [2.45, 2.75) is 45.8 Å². The van der Waals surface area contributed by atoms with Crippen LogP contribution in [-0.2, 0) is 11.3 Å². The van der Waals surface area contributed by atoms with Gasteiger partial charge in [0.25, 0.3) is 0 Å². The van der Waals surface area contributed by atoms with Crippen LogP contribution in [-0.4, -0.2) is 11.1 Å². The van der Waals surface area contributed by atoms with Crippen molar-refractivity contribution in [3.05, 3.63) is 23.9 Å². The van der Waals surface area contributed by atoms with Crippen molar-refractivity contribution in [2.75, 3.05) is 5.73 Å². The molecule has 0 aliphatic heterocycles. The first kappa shape index (κ1) is 12.4. The van der Waals surface area contributed by atoms with Gasteiger partial charge in [0.15, 0.2) is 0 Å². The summed E-state index contributed by atoms with van der Waals surface area (Å²) in [5.74, 6) is 2.18. The van der Waals surface area contributed by atoms with Crippen molar-refractivity contribution in [2.24, 2.45) is 11.8 Å². The highest BCUT2D eigenvalue weighted by atomic mass is 16.5. The SMILES string of the molecule is CC1CCC(OCc2cccnc2N)CC1C. The Balaban J connectivity index is 1.85. The van der Waals surface area contributed by atoms with Gasteiger partial charge in [-0.2, -0.15) is 0 Å². The molecule has 3 nitrogen and oxygen atoms in total. The molecule has 1 fully saturated rings. The summed E-state index contributed by atoms with van der Waals surface area (Å²) in [5, 5.41) is 0. The maximum absolute atomic E-state index is 5.95. The maximum Gasteiger partial charge on any atom is 0.128 e. The summed E-state index contributed by atoms with van der Waals surface area (Å²) in [6.07, 6.45) is 5.71. The number of rotatable bonds is 3. The third-order valence-corrected chi connectivity index (χ3v) is 3.95. The molecule has 3 atom stereocenters. The highest BCUT2D eigenvalue weighted by Crippen LogP contribution is 2.31. The minimum Gasteiger partial charge on any atom is -0.383 e. The van der Waals surface area contributed by atoms with E-state index in [4.69, 9.17) is 10.5 Å². The van der Waals surface area contributed by atoms with Gasteiger partial charge in [0.05, 0.1) is 12.7 Å². The lowest BCUT2D eigenvalue weighted by Crippen LogP contribution is -2.26. The van der Waals surface area contributed by atoms with E-state index >= 15 is 0 Å². The van der Waals surface area contributed by atoms with E-state index in [1.807, 2.05) is 12.1 Å². The van der Waals surface area contributed by atoms with Crippen LogP contribution >= 0.6 is 0 Å². The number of pyridine rings is 1. The Morgan fingerprint density at radius 3 is 2.88 bits per heavy atom. The van der Waals surface area contributed by atoms with E-state index in [0.29, 0.717) is 18.5 Å². The molecule has 1 aliphatic carbocycles. The van der Waals surface area contributed by atoms with Gasteiger partial charge in [0.2, 0.25) is 0 Å². The van der Waals surface area contributed by atoms with Crippen molar-refractivity contribution in [1.29, 1.82) is 0 Å². The van der Waals surface area contributed by atoms with Crippen LogP contribution < -0.4 is 5.73 Å². The lowest BCUT2D eigenvalue weighted by atomic mass is 9.80. The van der Waals surface area contributed by atoms with Gasteiger partial charge >= 0.3 is 0 Å².